The molecule has 0 aliphatic carbocycles. The number of hydrogen-bond donors (Lipinski definition) is 3. The van der Waals surface area contributed by atoms with Crippen LogP contribution in [0.1, 0.15) is 34.5 Å². The lowest BCUT2D eigenvalue weighted by atomic mass is 10.0. The SMILES string of the molecule is CCc1ccc(NC(=O)c2cnn3c2NC(C(=O)O)=CC3c2ccccc2Br)cc1. The number of allylic oxidation sites excluding steroid dienone is 1. The van der Waals surface area contributed by atoms with Crippen LogP contribution in [0.2, 0.25) is 0 Å². The van der Waals surface area contributed by atoms with E-state index >= 15 is 0 Å². The third-order valence-corrected chi connectivity index (χ3v) is 5.68. The van der Waals surface area contributed by atoms with Gasteiger partial charge in [0.25, 0.3) is 5.91 Å². The molecule has 1 aliphatic rings. The van der Waals surface area contributed by atoms with Crippen LogP contribution in [0, 0.1) is 0 Å². The molecular formula is C22H19BrN4O3. The Balaban J connectivity index is 1.70. The molecule has 4 rings (SSSR count). The summed E-state index contributed by atoms with van der Waals surface area (Å²) >= 11 is 3.51. The van der Waals surface area contributed by atoms with Crippen LogP contribution in [0.3, 0.4) is 0 Å². The zero-order valence-electron chi connectivity index (χ0n) is 16.1. The standard InChI is InChI=1S/C22H19BrN4O3/c1-2-13-7-9-14(10-8-13)25-21(28)16-12-24-27-19(15-5-3-4-6-17(15)23)11-18(22(29)30)26-20(16)27/h3-12,19,26H,2H2,1H3,(H,25,28)(H,29,30). The largest absolute Gasteiger partial charge is 0.477 e. The Bertz CT molecular complexity index is 1150. The summed E-state index contributed by atoms with van der Waals surface area (Å²) in [4.78, 5) is 24.6. The summed E-state index contributed by atoms with van der Waals surface area (Å²) in [5, 5.41) is 19.6. The number of anilines is 2. The number of nitrogens with zero attached hydrogens (tertiary/aromatic N) is 2. The predicted molar refractivity (Wildman–Crippen MR) is 118 cm³/mol. The Morgan fingerprint density at radius 3 is 2.60 bits per heavy atom. The van der Waals surface area contributed by atoms with Gasteiger partial charge >= 0.3 is 5.97 Å². The van der Waals surface area contributed by atoms with Crippen molar-refractivity contribution in [3.63, 3.8) is 0 Å². The van der Waals surface area contributed by atoms with Crippen molar-refractivity contribution in [2.45, 2.75) is 19.4 Å². The highest BCUT2D eigenvalue weighted by molar-refractivity contribution is 9.10. The lowest BCUT2D eigenvalue weighted by molar-refractivity contribution is -0.132. The number of carboxylic acids is 1. The molecule has 1 amide bonds. The molecule has 0 bridgehead atoms. The van der Waals surface area contributed by atoms with Crippen LogP contribution in [-0.4, -0.2) is 26.8 Å². The van der Waals surface area contributed by atoms with Gasteiger partial charge in [-0.15, -0.1) is 0 Å². The van der Waals surface area contributed by atoms with Gasteiger partial charge in [-0.25, -0.2) is 9.48 Å². The van der Waals surface area contributed by atoms with Gasteiger partial charge < -0.3 is 15.7 Å². The van der Waals surface area contributed by atoms with Crippen molar-refractivity contribution in [3.05, 3.63) is 87.7 Å². The number of carboxylic acid groups (broad SMARTS) is 1. The Kier molecular flexibility index (Phi) is 5.41. The molecule has 3 aromatic rings. The maximum absolute atomic E-state index is 12.9. The van der Waals surface area contributed by atoms with Crippen LogP contribution >= 0.6 is 15.9 Å². The molecule has 0 radical (unpaired) electrons. The number of carbonyl (C=O) groups is 2. The number of aromatic nitrogens is 2. The van der Waals surface area contributed by atoms with Gasteiger partial charge in [0.2, 0.25) is 0 Å². The third kappa shape index (κ3) is 3.73. The van der Waals surface area contributed by atoms with Crippen LogP contribution in [-0.2, 0) is 11.2 Å². The Labute approximate surface area is 181 Å². The second-order valence-electron chi connectivity index (χ2n) is 6.83. The average molecular weight is 467 g/mol. The summed E-state index contributed by atoms with van der Waals surface area (Å²) in [6.07, 6.45) is 3.93. The minimum Gasteiger partial charge on any atom is -0.477 e. The highest BCUT2D eigenvalue weighted by Crippen LogP contribution is 2.35. The van der Waals surface area contributed by atoms with E-state index in [9.17, 15) is 14.7 Å². The lowest BCUT2D eigenvalue weighted by Crippen LogP contribution is -2.25. The highest BCUT2D eigenvalue weighted by Gasteiger charge is 2.30. The van der Waals surface area contributed by atoms with Crippen molar-refractivity contribution >= 4 is 39.3 Å². The molecular weight excluding hydrogens is 448 g/mol. The Morgan fingerprint density at radius 1 is 1.20 bits per heavy atom. The number of aryl methyl sites for hydroxylation is 1. The molecule has 1 unspecified atom stereocenters. The van der Waals surface area contributed by atoms with E-state index in [1.165, 1.54) is 11.8 Å². The van der Waals surface area contributed by atoms with Crippen molar-refractivity contribution in [1.29, 1.82) is 0 Å². The molecule has 2 heterocycles. The van der Waals surface area contributed by atoms with E-state index in [4.69, 9.17) is 0 Å². The first-order chi connectivity index (χ1) is 14.5. The molecule has 1 aromatic heterocycles. The second-order valence-corrected chi connectivity index (χ2v) is 7.69. The fourth-order valence-corrected chi connectivity index (χ4v) is 3.86. The molecule has 1 atom stereocenters. The summed E-state index contributed by atoms with van der Waals surface area (Å²) in [6.45, 7) is 2.06. The van der Waals surface area contributed by atoms with Crippen LogP contribution < -0.4 is 10.6 Å². The van der Waals surface area contributed by atoms with E-state index in [-0.39, 0.29) is 17.2 Å². The maximum Gasteiger partial charge on any atom is 0.352 e. The maximum atomic E-state index is 12.9. The summed E-state index contributed by atoms with van der Waals surface area (Å²) in [5.41, 5.74) is 2.92. The summed E-state index contributed by atoms with van der Waals surface area (Å²) in [5.74, 6) is -1.15. The third-order valence-electron chi connectivity index (χ3n) is 4.96. The first-order valence-corrected chi connectivity index (χ1v) is 10.2. The number of rotatable bonds is 5. The van der Waals surface area contributed by atoms with Crippen molar-refractivity contribution in [2.75, 3.05) is 10.6 Å². The van der Waals surface area contributed by atoms with Crippen LogP contribution in [0.5, 0.6) is 0 Å². The summed E-state index contributed by atoms with van der Waals surface area (Å²) < 4.78 is 2.43. The molecule has 1 aliphatic heterocycles. The number of aliphatic carboxylic acids is 1. The van der Waals surface area contributed by atoms with Crippen molar-refractivity contribution < 1.29 is 14.7 Å². The smallest absolute Gasteiger partial charge is 0.352 e. The van der Waals surface area contributed by atoms with Gasteiger partial charge in [0.05, 0.1) is 6.20 Å². The van der Waals surface area contributed by atoms with Crippen molar-refractivity contribution in [1.82, 2.24) is 9.78 Å². The number of fused-ring (bicyclic) bond motifs is 1. The first-order valence-electron chi connectivity index (χ1n) is 9.42. The molecule has 2 aromatic carbocycles. The quantitative estimate of drug-likeness (QED) is 0.516. The second kappa shape index (κ2) is 8.16. The molecule has 0 saturated heterocycles. The molecule has 30 heavy (non-hydrogen) atoms. The molecule has 0 fully saturated rings. The highest BCUT2D eigenvalue weighted by atomic mass is 79.9. The number of benzene rings is 2. The zero-order chi connectivity index (χ0) is 21.3. The van der Waals surface area contributed by atoms with Gasteiger partial charge in [-0.1, -0.05) is 53.2 Å². The normalized spacial score (nSPS) is 15.0. The number of carbonyl (C=O) groups excluding carboxylic acids is 1. The van der Waals surface area contributed by atoms with Gasteiger partial charge in [-0.2, -0.15) is 5.10 Å². The minimum atomic E-state index is -1.11. The number of halogens is 1. The fraction of sp³-hybridized carbons (Fsp3) is 0.136. The predicted octanol–water partition coefficient (Wildman–Crippen LogP) is 4.44. The Morgan fingerprint density at radius 2 is 1.93 bits per heavy atom. The van der Waals surface area contributed by atoms with Gasteiger partial charge in [0.15, 0.2) is 0 Å². The van der Waals surface area contributed by atoms with E-state index in [0.717, 1.165) is 16.5 Å². The molecule has 0 spiro atoms. The number of amides is 1. The van der Waals surface area contributed by atoms with E-state index in [1.54, 1.807) is 10.8 Å². The number of nitrogens with one attached hydrogen (secondary N) is 2. The molecule has 8 heteroatoms. The molecule has 152 valence electrons. The Hall–Kier alpha value is -3.39. The lowest BCUT2D eigenvalue weighted by Gasteiger charge is -2.25. The van der Waals surface area contributed by atoms with Gasteiger partial charge in [0.1, 0.15) is 23.1 Å². The number of hydrogen-bond acceptors (Lipinski definition) is 4. The summed E-state index contributed by atoms with van der Waals surface area (Å²) in [7, 11) is 0. The minimum absolute atomic E-state index is 0.00917. The molecule has 0 saturated carbocycles. The van der Waals surface area contributed by atoms with Crippen molar-refractivity contribution in [3.8, 4) is 0 Å². The van der Waals surface area contributed by atoms with E-state index < -0.39 is 12.0 Å². The molecule has 3 N–H and O–H groups in total. The fourth-order valence-electron chi connectivity index (χ4n) is 3.35. The monoisotopic (exact) mass is 466 g/mol. The van der Waals surface area contributed by atoms with E-state index in [1.807, 2.05) is 48.5 Å². The van der Waals surface area contributed by atoms with Gasteiger partial charge in [-0.3, -0.25) is 4.79 Å². The van der Waals surface area contributed by atoms with E-state index in [2.05, 4.69) is 38.6 Å². The van der Waals surface area contributed by atoms with Crippen molar-refractivity contribution in [2.24, 2.45) is 0 Å². The zero-order valence-corrected chi connectivity index (χ0v) is 17.7. The van der Waals surface area contributed by atoms with E-state index in [0.29, 0.717) is 11.5 Å². The summed E-state index contributed by atoms with van der Waals surface area (Å²) in [6, 6.07) is 14.6. The first kappa shape index (κ1) is 19.9. The van der Waals surface area contributed by atoms with Crippen LogP contribution in [0.15, 0.2) is 71.0 Å². The topological polar surface area (TPSA) is 96.3 Å². The molecule has 7 nitrogen and oxygen atoms in total. The average Bonchev–Trinajstić information content (AvgIpc) is 3.18. The van der Waals surface area contributed by atoms with Crippen LogP contribution in [0.25, 0.3) is 0 Å². The van der Waals surface area contributed by atoms with Gasteiger partial charge in [-0.05, 0) is 41.8 Å². The van der Waals surface area contributed by atoms with Crippen LogP contribution in [0.4, 0.5) is 11.5 Å². The van der Waals surface area contributed by atoms with Gasteiger partial charge in [0, 0.05) is 10.2 Å².